The summed E-state index contributed by atoms with van der Waals surface area (Å²) in [7, 11) is 0.810. The van der Waals surface area contributed by atoms with Crippen molar-refractivity contribution in [2.75, 3.05) is 0 Å². The zero-order valence-electron chi connectivity index (χ0n) is 9.60. The summed E-state index contributed by atoms with van der Waals surface area (Å²) in [6, 6.07) is 0. The number of halogens is 2. The molecule has 0 aliphatic heterocycles. The summed E-state index contributed by atoms with van der Waals surface area (Å²) in [4.78, 5) is 0. The molecule has 1 unspecified atom stereocenters. The van der Waals surface area contributed by atoms with E-state index in [2.05, 4.69) is 39.0 Å². The van der Waals surface area contributed by atoms with E-state index in [4.69, 9.17) is 4.43 Å². The van der Waals surface area contributed by atoms with Gasteiger partial charge >= 0.3 is 21.7 Å². The van der Waals surface area contributed by atoms with Crippen LogP contribution in [0.5, 0.6) is 0 Å². The summed E-state index contributed by atoms with van der Waals surface area (Å²) in [5, 5.41) is 0. The first-order chi connectivity index (χ1) is 5.59. The average molecular weight is 300 g/mol. The van der Waals surface area contributed by atoms with Gasteiger partial charge in [-0.3, -0.25) is 6.08 Å². The minimum atomic E-state index is 0. The van der Waals surface area contributed by atoms with E-state index in [1.165, 1.54) is 5.57 Å². The van der Waals surface area contributed by atoms with Gasteiger partial charge in [0.15, 0.2) is 0 Å². The summed E-state index contributed by atoms with van der Waals surface area (Å²) in [6.07, 6.45) is 8.93. The predicted molar refractivity (Wildman–Crippen MR) is 54.8 cm³/mol. The van der Waals surface area contributed by atoms with Crippen LogP contribution in [0.3, 0.4) is 0 Å². The van der Waals surface area contributed by atoms with Crippen molar-refractivity contribution in [1.29, 1.82) is 0 Å². The van der Waals surface area contributed by atoms with Gasteiger partial charge in [-0.2, -0.15) is 6.08 Å². The first-order valence-corrected chi connectivity index (χ1v) is 5.21. The van der Waals surface area contributed by atoms with Crippen LogP contribution in [0, 0.1) is 11.5 Å². The van der Waals surface area contributed by atoms with Crippen LogP contribution in [-0.4, -0.2) is 16.6 Å². The Morgan fingerprint density at radius 1 is 1.47 bits per heavy atom. The van der Waals surface area contributed by atoms with Gasteiger partial charge in [0.1, 0.15) is 10.5 Å². The van der Waals surface area contributed by atoms with E-state index in [1.807, 2.05) is 0 Å². The SMILES string of the molecule is CC(O[SiH3])C(C)(C)C1=[C-]CC=C1.[Cl-].[Cl-].[Ti+3]. The number of hydrogen-bond donors (Lipinski definition) is 0. The van der Waals surface area contributed by atoms with Crippen molar-refractivity contribution in [1.82, 2.24) is 0 Å². The molecule has 0 aromatic carbocycles. The molecule has 85 valence electrons. The topological polar surface area (TPSA) is 9.23 Å². The fourth-order valence-corrected chi connectivity index (χ4v) is 1.95. The molecular formula is C10H17Cl2OSiTi. The maximum absolute atomic E-state index is 5.47. The van der Waals surface area contributed by atoms with Crippen molar-refractivity contribution in [3.63, 3.8) is 0 Å². The molecule has 0 fully saturated rings. The molecule has 0 aromatic rings. The Morgan fingerprint density at radius 2 is 2.00 bits per heavy atom. The van der Waals surface area contributed by atoms with Crippen molar-refractivity contribution in [3.05, 3.63) is 23.8 Å². The fourth-order valence-electron chi connectivity index (χ4n) is 1.36. The number of allylic oxidation sites excluding steroid dienone is 3. The summed E-state index contributed by atoms with van der Waals surface area (Å²) < 4.78 is 5.47. The standard InChI is InChI=1S/C10H17OSi.2ClH.Ti/c1-8(11-12)10(2,3)9-6-4-5-7-9;;;/h4,6,8H,5H2,1-3,12H3;2*1H;/q-1;;;+3/p-2. The molecule has 1 atom stereocenters. The van der Waals surface area contributed by atoms with Gasteiger partial charge in [0, 0.05) is 6.10 Å². The Hall–Kier alpha value is 0.951. The molecular weight excluding hydrogens is 283 g/mol. The van der Waals surface area contributed by atoms with Crippen molar-refractivity contribution in [2.45, 2.75) is 33.3 Å². The molecule has 0 heterocycles. The Balaban J connectivity index is -0.000000480. The first kappa shape index (κ1) is 21.3. The Labute approximate surface area is 123 Å². The molecule has 0 saturated carbocycles. The quantitative estimate of drug-likeness (QED) is 0.376. The van der Waals surface area contributed by atoms with E-state index >= 15 is 0 Å². The second-order valence-corrected chi connectivity index (χ2v) is 4.27. The molecule has 1 rings (SSSR count). The zero-order chi connectivity index (χ0) is 9.19. The minimum Gasteiger partial charge on any atom is -1.00 e. The zero-order valence-corrected chi connectivity index (χ0v) is 14.7. The Kier molecular flexibility index (Phi) is 12.8. The van der Waals surface area contributed by atoms with Crippen LogP contribution < -0.4 is 24.8 Å². The van der Waals surface area contributed by atoms with Crippen molar-refractivity contribution in [2.24, 2.45) is 5.41 Å². The molecule has 0 amide bonds. The van der Waals surface area contributed by atoms with Crippen molar-refractivity contribution in [3.8, 4) is 0 Å². The third kappa shape index (κ3) is 5.20. The first-order valence-electron chi connectivity index (χ1n) is 4.39. The monoisotopic (exact) mass is 299 g/mol. The number of hydrogen-bond acceptors (Lipinski definition) is 1. The molecule has 1 aliphatic carbocycles. The minimum absolute atomic E-state index is 0. The average Bonchev–Trinajstić information content (AvgIpc) is 2.55. The fraction of sp³-hybridized carbons (Fsp3) is 0.600. The second-order valence-electron chi connectivity index (χ2n) is 3.80. The molecule has 0 aromatic heterocycles. The van der Waals surface area contributed by atoms with Crippen LogP contribution in [0.1, 0.15) is 27.2 Å². The van der Waals surface area contributed by atoms with Crippen molar-refractivity contribution >= 4 is 10.5 Å². The van der Waals surface area contributed by atoms with Gasteiger partial charge in [0.05, 0.1) is 0 Å². The largest absolute Gasteiger partial charge is 3.00 e. The van der Waals surface area contributed by atoms with Crippen LogP contribution >= 0.6 is 0 Å². The smallest absolute Gasteiger partial charge is 1.00 e. The van der Waals surface area contributed by atoms with Crippen molar-refractivity contribution < 1.29 is 51.0 Å². The van der Waals surface area contributed by atoms with Gasteiger partial charge in [-0.25, -0.2) is 11.6 Å². The summed E-state index contributed by atoms with van der Waals surface area (Å²) >= 11 is 0. The third-order valence-electron chi connectivity index (χ3n) is 2.76. The van der Waals surface area contributed by atoms with E-state index in [0.717, 1.165) is 16.9 Å². The normalized spacial score (nSPS) is 15.8. The van der Waals surface area contributed by atoms with Gasteiger partial charge in [-0.05, 0) is 12.3 Å². The third-order valence-corrected chi connectivity index (χ3v) is 3.47. The molecule has 1 radical (unpaired) electrons. The maximum Gasteiger partial charge on any atom is 3.00 e. The summed E-state index contributed by atoms with van der Waals surface area (Å²) in [5.41, 5.74) is 1.42. The Morgan fingerprint density at radius 3 is 2.33 bits per heavy atom. The van der Waals surface area contributed by atoms with Crippen LogP contribution in [0.25, 0.3) is 0 Å². The van der Waals surface area contributed by atoms with Gasteiger partial charge in [-0.15, -0.1) is 6.42 Å². The number of rotatable bonds is 3. The van der Waals surface area contributed by atoms with Crippen LogP contribution in [-0.2, 0) is 26.1 Å². The molecule has 0 N–H and O–H groups in total. The van der Waals surface area contributed by atoms with E-state index in [1.54, 1.807) is 0 Å². The van der Waals surface area contributed by atoms with E-state index in [0.29, 0.717) is 6.10 Å². The van der Waals surface area contributed by atoms with E-state index in [-0.39, 0.29) is 51.9 Å². The molecule has 0 bridgehead atoms. The molecule has 5 heteroatoms. The van der Waals surface area contributed by atoms with Gasteiger partial charge < -0.3 is 29.2 Å². The Bertz CT molecular complexity index is 229. The molecule has 0 saturated heterocycles. The van der Waals surface area contributed by atoms with Gasteiger partial charge in [-0.1, -0.05) is 13.8 Å². The predicted octanol–water partition coefficient (Wildman–Crippen LogP) is -4.61. The van der Waals surface area contributed by atoms with Gasteiger partial charge in [0.2, 0.25) is 0 Å². The maximum atomic E-state index is 5.47. The molecule has 1 aliphatic rings. The second kappa shape index (κ2) is 9.03. The van der Waals surface area contributed by atoms with E-state index < -0.39 is 0 Å². The summed E-state index contributed by atoms with van der Waals surface area (Å²) in [5.74, 6) is 0. The summed E-state index contributed by atoms with van der Waals surface area (Å²) in [6.45, 7) is 6.56. The van der Waals surface area contributed by atoms with Crippen LogP contribution in [0.4, 0.5) is 0 Å². The van der Waals surface area contributed by atoms with Crippen LogP contribution in [0.15, 0.2) is 17.7 Å². The van der Waals surface area contributed by atoms with Gasteiger partial charge in [0.25, 0.3) is 0 Å². The molecule has 0 spiro atoms. The molecule has 15 heavy (non-hydrogen) atoms. The van der Waals surface area contributed by atoms with E-state index in [9.17, 15) is 0 Å². The van der Waals surface area contributed by atoms with Crippen LogP contribution in [0.2, 0.25) is 0 Å². The molecule has 1 nitrogen and oxygen atoms in total.